The number of rotatable bonds is 2. The Morgan fingerprint density at radius 3 is 3.07 bits per heavy atom. The van der Waals surface area contributed by atoms with Crippen molar-refractivity contribution in [2.24, 2.45) is 0 Å². The van der Waals surface area contributed by atoms with E-state index in [1.54, 1.807) is 0 Å². The summed E-state index contributed by atoms with van der Waals surface area (Å²) in [6.07, 6.45) is 0.199. The Balaban J connectivity index is 2.50. The molecule has 14 heavy (non-hydrogen) atoms. The Hall–Kier alpha value is -1.53. The van der Waals surface area contributed by atoms with E-state index in [-0.39, 0.29) is 6.42 Å². The number of benzene rings is 1. The summed E-state index contributed by atoms with van der Waals surface area (Å²) < 4.78 is 5.36. The summed E-state index contributed by atoms with van der Waals surface area (Å²) in [6, 6.07) is 7.58. The maximum atomic E-state index is 8.47. The van der Waals surface area contributed by atoms with E-state index >= 15 is 0 Å². The van der Waals surface area contributed by atoms with Crippen molar-refractivity contribution in [2.75, 3.05) is 0 Å². The van der Waals surface area contributed by atoms with E-state index in [9.17, 15) is 0 Å². The van der Waals surface area contributed by atoms with Crippen molar-refractivity contribution in [2.45, 2.75) is 12.3 Å². The molecule has 70 valence electrons. The molecule has 0 radical (unpaired) electrons. The SMILES string of the molecule is N#CCc1nc2ccc(CCl)cc2o1. The van der Waals surface area contributed by atoms with Crippen LogP contribution in [0, 0.1) is 11.3 Å². The number of nitriles is 1. The standard InChI is InChI=1S/C10H7ClN2O/c11-6-7-1-2-8-9(5-7)14-10(13-8)3-4-12/h1-2,5H,3,6H2. The lowest BCUT2D eigenvalue weighted by Gasteiger charge is -1.91. The predicted molar refractivity (Wildman–Crippen MR) is 52.9 cm³/mol. The molecule has 4 heteroatoms. The normalized spacial score (nSPS) is 10.3. The van der Waals surface area contributed by atoms with Crippen LogP contribution in [0.1, 0.15) is 11.5 Å². The highest BCUT2D eigenvalue weighted by atomic mass is 35.5. The first-order chi connectivity index (χ1) is 6.83. The molecule has 2 rings (SSSR count). The molecule has 0 aliphatic heterocycles. The fourth-order valence-electron chi connectivity index (χ4n) is 1.24. The Kier molecular flexibility index (Phi) is 2.38. The molecule has 0 spiro atoms. The maximum absolute atomic E-state index is 8.47. The van der Waals surface area contributed by atoms with Crippen molar-refractivity contribution >= 4 is 22.7 Å². The van der Waals surface area contributed by atoms with E-state index in [1.165, 1.54) is 0 Å². The van der Waals surface area contributed by atoms with Gasteiger partial charge in [-0.05, 0) is 17.7 Å². The Bertz CT molecular complexity index is 498. The average Bonchev–Trinajstić information content (AvgIpc) is 2.59. The number of hydrogen-bond donors (Lipinski definition) is 0. The van der Waals surface area contributed by atoms with Crippen LogP contribution in [-0.4, -0.2) is 4.98 Å². The van der Waals surface area contributed by atoms with Crippen molar-refractivity contribution in [3.63, 3.8) is 0 Å². The number of hydrogen-bond acceptors (Lipinski definition) is 3. The third-order valence-corrected chi connectivity index (χ3v) is 2.19. The van der Waals surface area contributed by atoms with Gasteiger partial charge in [-0.25, -0.2) is 4.98 Å². The Morgan fingerprint density at radius 2 is 2.36 bits per heavy atom. The zero-order chi connectivity index (χ0) is 9.97. The van der Waals surface area contributed by atoms with Gasteiger partial charge in [0.25, 0.3) is 0 Å². The molecule has 0 aliphatic rings. The quantitative estimate of drug-likeness (QED) is 0.710. The van der Waals surface area contributed by atoms with Gasteiger partial charge in [-0.15, -0.1) is 11.6 Å². The van der Waals surface area contributed by atoms with E-state index in [2.05, 4.69) is 4.98 Å². The molecule has 0 N–H and O–H groups in total. The van der Waals surface area contributed by atoms with Gasteiger partial charge in [0.05, 0.1) is 6.07 Å². The molecule has 0 saturated heterocycles. The highest BCUT2D eigenvalue weighted by Crippen LogP contribution is 2.18. The molecule has 1 aromatic carbocycles. The van der Waals surface area contributed by atoms with Gasteiger partial charge in [-0.2, -0.15) is 5.26 Å². The van der Waals surface area contributed by atoms with Crippen LogP contribution in [-0.2, 0) is 12.3 Å². The van der Waals surface area contributed by atoms with Crippen LogP contribution in [0.2, 0.25) is 0 Å². The van der Waals surface area contributed by atoms with Crippen LogP contribution < -0.4 is 0 Å². The minimum Gasteiger partial charge on any atom is -0.440 e. The van der Waals surface area contributed by atoms with Crippen LogP contribution in [0.5, 0.6) is 0 Å². The fourth-order valence-corrected chi connectivity index (χ4v) is 1.41. The highest BCUT2D eigenvalue weighted by Gasteiger charge is 2.05. The van der Waals surface area contributed by atoms with Crippen molar-refractivity contribution in [1.29, 1.82) is 5.26 Å². The molecular weight excluding hydrogens is 200 g/mol. The third kappa shape index (κ3) is 1.57. The number of alkyl halides is 1. The molecule has 1 heterocycles. The van der Waals surface area contributed by atoms with Gasteiger partial charge in [-0.3, -0.25) is 0 Å². The molecule has 0 aliphatic carbocycles. The second kappa shape index (κ2) is 3.69. The summed E-state index contributed by atoms with van der Waals surface area (Å²) in [6.45, 7) is 0. The van der Waals surface area contributed by atoms with Crippen molar-refractivity contribution in [1.82, 2.24) is 4.98 Å². The van der Waals surface area contributed by atoms with Gasteiger partial charge in [0.1, 0.15) is 11.9 Å². The molecule has 0 atom stereocenters. The van der Waals surface area contributed by atoms with E-state index in [0.29, 0.717) is 17.4 Å². The van der Waals surface area contributed by atoms with Gasteiger partial charge < -0.3 is 4.42 Å². The molecule has 2 aromatic rings. The number of nitrogens with zero attached hydrogens (tertiary/aromatic N) is 2. The zero-order valence-corrected chi connectivity index (χ0v) is 8.08. The molecule has 0 saturated carbocycles. The van der Waals surface area contributed by atoms with Gasteiger partial charge in [-0.1, -0.05) is 6.07 Å². The van der Waals surface area contributed by atoms with Crippen LogP contribution in [0.3, 0.4) is 0 Å². The van der Waals surface area contributed by atoms with Crippen molar-refractivity contribution < 1.29 is 4.42 Å². The predicted octanol–water partition coefficient (Wildman–Crippen LogP) is 2.63. The summed E-state index contributed by atoms with van der Waals surface area (Å²) in [4.78, 5) is 4.15. The summed E-state index contributed by atoms with van der Waals surface area (Å²) >= 11 is 5.68. The number of aromatic nitrogens is 1. The van der Waals surface area contributed by atoms with Gasteiger partial charge in [0.2, 0.25) is 5.89 Å². The molecular formula is C10H7ClN2O. The number of oxazole rings is 1. The zero-order valence-electron chi connectivity index (χ0n) is 7.33. The molecule has 0 bridgehead atoms. The summed E-state index contributed by atoms with van der Waals surface area (Å²) in [5, 5.41) is 8.47. The summed E-state index contributed by atoms with van der Waals surface area (Å²) in [7, 11) is 0. The smallest absolute Gasteiger partial charge is 0.209 e. The fraction of sp³-hybridized carbons (Fsp3) is 0.200. The van der Waals surface area contributed by atoms with Crippen LogP contribution in [0.25, 0.3) is 11.1 Å². The molecule has 0 amide bonds. The first-order valence-electron chi connectivity index (χ1n) is 4.15. The first kappa shape index (κ1) is 9.04. The summed E-state index contributed by atoms with van der Waals surface area (Å²) in [5.74, 6) is 0.902. The highest BCUT2D eigenvalue weighted by molar-refractivity contribution is 6.17. The second-order valence-electron chi connectivity index (χ2n) is 2.88. The maximum Gasteiger partial charge on any atom is 0.209 e. The van der Waals surface area contributed by atoms with Crippen LogP contribution in [0.15, 0.2) is 22.6 Å². The van der Waals surface area contributed by atoms with E-state index in [4.69, 9.17) is 21.3 Å². The van der Waals surface area contributed by atoms with Crippen molar-refractivity contribution in [3.8, 4) is 6.07 Å². The second-order valence-corrected chi connectivity index (χ2v) is 3.15. The lowest BCUT2D eigenvalue weighted by molar-refractivity contribution is 0.548. The van der Waals surface area contributed by atoms with Gasteiger partial charge >= 0.3 is 0 Å². The Labute approximate surface area is 85.9 Å². The molecule has 0 fully saturated rings. The van der Waals surface area contributed by atoms with E-state index < -0.39 is 0 Å². The van der Waals surface area contributed by atoms with Crippen LogP contribution in [0.4, 0.5) is 0 Å². The lowest BCUT2D eigenvalue weighted by Crippen LogP contribution is -1.78. The largest absolute Gasteiger partial charge is 0.440 e. The number of halogens is 1. The monoisotopic (exact) mass is 206 g/mol. The number of fused-ring (bicyclic) bond motifs is 1. The first-order valence-corrected chi connectivity index (χ1v) is 4.68. The molecule has 1 aromatic heterocycles. The lowest BCUT2D eigenvalue weighted by atomic mass is 10.2. The minimum atomic E-state index is 0.199. The van der Waals surface area contributed by atoms with Gasteiger partial charge in [0, 0.05) is 5.88 Å². The van der Waals surface area contributed by atoms with Crippen LogP contribution >= 0.6 is 11.6 Å². The van der Waals surface area contributed by atoms with E-state index in [0.717, 1.165) is 11.1 Å². The topological polar surface area (TPSA) is 49.8 Å². The van der Waals surface area contributed by atoms with Crippen molar-refractivity contribution in [3.05, 3.63) is 29.7 Å². The third-order valence-electron chi connectivity index (χ3n) is 1.88. The Morgan fingerprint density at radius 1 is 1.50 bits per heavy atom. The molecule has 3 nitrogen and oxygen atoms in total. The van der Waals surface area contributed by atoms with Gasteiger partial charge in [0.15, 0.2) is 5.58 Å². The van der Waals surface area contributed by atoms with E-state index in [1.807, 2.05) is 24.3 Å². The molecule has 0 unspecified atom stereocenters. The summed E-state index contributed by atoms with van der Waals surface area (Å²) in [5.41, 5.74) is 2.44. The minimum absolute atomic E-state index is 0.199. The average molecular weight is 207 g/mol.